The third-order valence-corrected chi connectivity index (χ3v) is 7.16. The summed E-state index contributed by atoms with van der Waals surface area (Å²) in [6.45, 7) is 4.50. The normalized spacial score (nSPS) is 14.6. The fourth-order valence-electron chi connectivity index (χ4n) is 4.43. The Morgan fingerprint density at radius 3 is 2.41 bits per heavy atom. The maximum atomic E-state index is 12.7. The second-order valence-corrected chi connectivity index (χ2v) is 9.57. The minimum absolute atomic E-state index is 0.245. The minimum atomic E-state index is -4.77. The van der Waals surface area contributed by atoms with Crippen LogP contribution in [0.1, 0.15) is 15.9 Å². The Labute approximate surface area is 216 Å². The number of nitrogens with one attached hydrogen (secondary N) is 1. The first-order valence-corrected chi connectivity index (χ1v) is 12.7. The second-order valence-electron chi connectivity index (χ2n) is 8.76. The molecule has 0 unspecified atom stereocenters. The van der Waals surface area contributed by atoms with E-state index in [-0.39, 0.29) is 11.3 Å². The zero-order chi connectivity index (χ0) is 25.8. The lowest BCUT2D eigenvalue weighted by Gasteiger charge is -2.35. The SMILES string of the molecule is O=C(Nc1ccccc1CCN1CCN(c2nsc3ccccc23)CC1)c1ccc(OC(F)(F)F)cc1. The maximum absolute atomic E-state index is 12.7. The molecule has 37 heavy (non-hydrogen) atoms. The number of fused-ring (bicyclic) bond motifs is 1. The van der Waals surface area contributed by atoms with Crippen LogP contribution in [0.5, 0.6) is 5.75 Å². The Morgan fingerprint density at radius 1 is 0.946 bits per heavy atom. The number of anilines is 2. The number of hydrogen-bond donors (Lipinski definition) is 1. The van der Waals surface area contributed by atoms with Gasteiger partial charge in [0.15, 0.2) is 0 Å². The Morgan fingerprint density at radius 2 is 1.65 bits per heavy atom. The molecule has 3 aromatic carbocycles. The molecule has 0 spiro atoms. The number of aromatic nitrogens is 1. The second kappa shape index (κ2) is 10.8. The Kier molecular flexibility index (Phi) is 7.29. The van der Waals surface area contributed by atoms with Crippen molar-refractivity contribution < 1.29 is 22.7 Å². The number of carbonyl (C=O) groups excluding carboxylic acids is 1. The molecule has 1 amide bonds. The Bertz CT molecular complexity index is 1370. The number of para-hydroxylation sites is 1. The zero-order valence-corrected chi connectivity index (χ0v) is 20.7. The van der Waals surface area contributed by atoms with Crippen molar-refractivity contribution in [3.05, 3.63) is 83.9 Å². The molecule has 0 radical (unpaired) electrons. The van der Waals surface area contributed by atoms with E-state index in [9.17, 15) is 18.0 Å². The van der Waals surface area contributed by atoms with Crippen LogP contribution in [0.2, 0.25) is 0 Å². The van der Waals surface area contributed by atoms with E-state index in [1.807, 2.05) is 36.4 Å². The molecule has 0 aliphatic carbocycles. The molecule has 1 saturated heterocycles. The maximum Gasteiger partial charge on any atom is 0.573 e. The van der Waals surface area contributed by atoms with Gasteiger partial charge in [-0.05, 0) is 66.0 Å². The first-order valence-electron chi connectivity index (χ1n) is 11.9. The molecule has 4 aromatic rings. The van der Waals surface area contributed by atoms with Gasteiger partial charge in [0.1, 0.15) is 11.6 Å². The first-order chi connectivity index (χ1) is 17.9. The highest BCUT2D eigenvalue weighted by Gasteiger charge is 2.31. The van der Waals surface area contributed by atoms with Crippen molar-refractivity contribution in [2.24, 2.45) is 0 Å². The van der Waals surface area contributed by atoms with Gasteiger partial charge in [-0.3, -0.25) is 9.69 Å². The summed E-state index contributed by atoms with van der Waals surface area (Å²) in [5.41, 5.74) is 1.94. The number of ether oxygens (including phenoxy) is 1. The van der Waals surface area contributed by atoms with E-state index in [2.05, 4.69) is 36.4 Å². The summed E-state index contributed by atoms with van der Waals surface area (Å²) < 4.78 is 46.8. The highest BCUT2D eigenvalue weighted by atomic mass is 32.1. The molecular weight excluding hydrogens is 501 g/mol. The predicted molar refractivity (Wildman–Crippen MR) is 139 cm³/mol. The summed E-state index contributed by atoms with van der Waals surface area (Å²) in [4.78, 5) is 17.5. The van der Waals surface area contributed by atoms with E-state index < -0.39 is 12.3 Å². The molecule has 0 saturated carbocycles. The van der Waals surface area contributed by atoms with Crippen LogP contribution >= 0.6 is 11.5 Å². The van der Waals surface area contributed by atoms with E-state index in [0.717, 1.165) is 62.7 Å². The largest absolute Gasteiger partial charge is 0.573 e. The van der Waals surface area contributed by atoms with Crippen molar-refractivity contribution in [2.75, 3.05) is 42.9 Å². The van der Waals surface area contributed by atoms with Crippen LogP contribution < -0.4 is 15.0 Å². The van der Waals surface area contributed by atoms with Gasteiger partial charge in [-0.2, -0.15) is 4.37 Å². The topological polar surface area (TPSA) is 57.7 Å². The first kappa shape index (κ1) is 25.0. The van der Waals surface area contributed by atoms with Gasteiger partial charge < -0.3 is 15.0 Å². The molecule has 5 rings (SSSR count). The highest BCUT2D eigenvalue weighted by Crippen LogP contribution is 2.30. The van der Waals surface area contributed by atoms with Crippen LogP contribution in [0.4, 0.5) is 24.7 Å². The molecule has 0 bridgehead atoms. The molecular formula is C27H25F3N4O2S. The van der Waals surface area contributed by atoms with Crippen molar-refractivity contribution in [2.45, 2.75) is 12.8 Å². The molecule has 1 N–H and O–H groups in total. The van der Waals surface area contributed by atoms with Crippen LogP contribution in [-0.2, 0) is 6.42 Å². The van der Waals surface area contributed by atoms with E-state index in [4.69, 9.17) is 0 Å². The summed E-state index contributed by atoms with van der Waals surface area (Å²) in [6, 6.07) is 20.8. The predicted octanol–water partition coefficient (Wildman–Crippen LogP) is 5.81. The van der Waals surface area contributed by atoms with Crippen LogP contribution in [-0.4, -0.2) is 54.3 Å². The average Bonchev–Trinajstić information content (AvgIpc) is 3.32. The molecule has 6 nitrogen and oxygen atoms in total. The highest BCUT2D eigenvalue weighted by molar-refractivity contribution is 7.13. The lowest BCUT2D eigenvalue weighted by atomic mass is 10.1. The number of alkyl halides is 3. The lowest BCUT2D eigenvalue weighted by Crippen LogP contribution is -2.47. The van der Waals surface area contributed by atoms with Gasteiger partial charge in [-0.25, -0.2) is 0 Å². The van der Waals surface area contributed by atoms with E-state index in [1.165, 1.54) is 33.8 Å². The number of nitrogens with zero attached hydrogens (tertiary/aromatic N) is 3. The van der Waals surface area contributed by atoms with Crippen LogP contribution in [0.25, 0.3) is 10.1 Å². The van der Waals surface area contributed by atoms with Crippen molar-refractivity contribution in [1.82, 2.24) is 9.27 Å². The van der Waals surface area contributed by atoms with Gasteiger partial charge in [0.05, 0.1) is 4.70 Å². The van der Waals surface area contributed by atoms with Gasteiger partial charge in [0.2, 0.25) is 0 Å². The van der Waals surface area contributed by atoms with E-state index in [1.54, 1.807) is 0 Å². The number of carbonyl (C=O) groups is 1. The van der Waals surface area contributed by atoms with Crippen LogP contribution in [0.15, 0.2) is 72.8 Å². The van der Waals surface area contributed by atoms with Crippen LogP contribution in [0, 0.1) is 0 Å². The Hall–Kier alpha value is -3.63. The van der Waals surface area contributed by atoms with Gasteiger partial charge in [-0.1, -0.05) is 30.3 Å². The summed E-state index contributed by atoms with van der Waals surface area (Å²) >= 11 is 1.53. The molecule has 10 heteroatoms. The quantitative estimate of drug-likeness (QED) is 0.329. The average molecular weight is 527 g/mol. The van der Waals surface area contributed by atoms with Crippen molar-refractivity contribution >= 4 is 39.0 Å². The molecule has 0 atom stereocenters. The number of rotatable bonds is 7. The standard InChI is InChI=1S/C27H25F3N4O2S/c28-27(29,30)36-21-11-9-20(10-12-21)26(35)31-23-7-3-1-5-19(23)13-14-33-15-17-34(18-16-33)25-22-6-2-4-8-24(22)37-32-25/h1-12H,13-18H2,(H,31,35). The third kappa shape index (κ3) is 6.20. The van der Waals surface area contributed by atoms with E-state index >= 15 is 0 Å². The summed E-state index contributed by atoms with van der Waals surface area (Å²) in [5, 5.41) is 4.09. The van der Waals surface area contributed by atoms with Crippen molar-refractivity contribution in [3.63, 3.8) is 0 Å². The molecule has 192 valence electrons. The van der Waals surface area contributed by atoms with Gasteiger partial charge >= 0.3 is 6.36 Å². The molecule has 1 aliphatic heterocycles. The molecule has 2 heterocycles. The summed E-state index contributed by atoms with van der Waals surface area (Å²) in [7, 11) is 0. The minimum Gasteiger partial charge on any atom is -0.406 e. The molecule has 1 aromatic heterocycles. The fourth-order valence-corrected chi connectivity index (χ4v) is 5.22. The van der Waals surface area contributed by atoms with Crippen LogP contribution in [0.3, 0.4) is 0 Å². The number of hydrogen-bond acceptors (Lipinski definition) is 6. The third-order valence-electron chi connectivity index (χ3n) is 6.34. The molecule has 1 fully saturated rings. The van der Waals surface area contributed by atoms with Gasteiger partial charge in [0, 0.05) is 49.4 Å². The Balaban J connectivity index is 1.16. The number of benzene rings is 3. The summed E-state index contributed by atoms with van der Waals surface area (Å²) in [5.74, 6) is 0.300. The molecule has 1 aliphatic rings. The lowest BCUT2D eigenvalue weighted by molar-refractivity contribution is -0.274. The van der Waals surface area contributed by atoms with Gasteiger partial charge in [-0.15, -0.1) is 13.2 Å². The van der Waals surface area contributed by atoms with E-state index in [0.29, 0.717) is 5.69 Å². The van der Waals surface area contributed by atoms with Gasteiger partial charge in [0.25, 0.3) is 5.91 Å². The van der Waals surface area contributed by atoms with Crippen molar-refractivity contribution in [1.29, 1.82) is 0 Å². The summed E-state index contributed by atoms with van der Waals surface area (Å²) in [6.07, 6.45) is -4.01. The number of amides is 1. The van der Waals surface area contributed by atoms with Crippen molar-refractivity contribution in [3.8, 4) is 5.75 Å². The smallest absolute Gasteiger partial charge is 0.406 e. The monoisotopic (exact) mass is 526 g/mol. The fraction of sp³-hybridized carbons (Fsp3) is 0.259. The zero-order valence-electron chi connectivity index (χ0n) is 19.9. The number of piperazine rings is 1. The number of halogens is 3.